The molecule has 2 unspecified atom stereocenters. The molecular formula is C22H32P2. The summed E-state index contributed by atoms with van der Waals surface area (Å²) in [7, 11) is 1.84. The molecule has 0 aliphatic rings. The topological polar surface area (TPSA) is 0 Å². The first-order valence-electron chi connectivity index (χ1n) is 9.53. The van der Waals surface area contributed by atoms with Gasteiger partial charge in [-0.3, -0.25) is 0 Å². The van der Waals surface area contributed by atoms with Gasteiger partial charge in [0.05, 0.1) is 0 Å². The number of aryl methyl sites for hydroxylation is 2. The second kappa shape index (κ2) is 11.8. The average molecular weight is 358 g/mol. The maximum atomic E-state index is 2.35. The molecule has 0 N–H and O–H groups in total. The Hall–Kier alpha value is -0.700. The monoisotopic (exact) mass is 358 g/mol. The van der Waals surface area contributed by atoms with E-state index in [1.807, 2.05) is 0 Å². The van der Waals surface area contributed by atoms with Gasteiger partial charge in [-0.25, -0.2) is 0 Å². The van der Waals surface area contributed by atoms with Gasteiger partial charge in [-0.2, -0.15) is 0 Å². The highest BCUT2D eigenvalue weighted by atomic mass is 32.0. The van der Waals surface area contributed by atoms with Crippen molar-refractivity contribution >= 4 is 27.1 Å². The van der Waals surface area contributed by atoms with Crippen LogP contribution in [0.3, 0.4) is 0 Å². The first-order valence-corrected chi connectivity index (χ1v) is 12.5. The van der Waals surface area contributed by atoms with Crippen molar-refractivity contribution in [2.24, 2.45) is 0 Å². The summed E-state index contributed by atoms with van der Waals surface area (Å²) in [4.78, 5) is 0. The molecule has 0 fully saturated rings. The lowest BCUT2D eigenvalue weighted by atomic mass is 10.1. The molecule has 0 saturated heterocycles. The van der Waals surface area contributed by atoms with Crippen LogP contribution in [0.4, 0.5) is 0 Å². The van der Waals surface area contributed by atoms with E-state index < -0.39 is 0 Å². The Morgan fingerprint density at radius 1 is 0.583 bits per heavy atom. The number of hydrogen-bond donors (Lipinski definition) is 0. The van der Waals surface area contributed by atoms with Gasteiger partial charge in [0.15, 0.2) is 0 Å². The van der Waals surface area contributed by atoms with E-state index in [1.54, 1.807) is 21.7 Å². The second-order valence-electron chi connectivity index (χ2n) is 6.48. The molecule has 2 atom stereocenters. The van der Waals surface area contributed by atoms with E-state index in [2.05, 4.69) is 62.4 Å². The molecule has 2 aromatic carbocycles. The number of rotatable bonds is 11. The van der Waals surface area contributed by atoms with Gasteiger partial charge in [0.25, 0.3) is 0 Å². The molecule has 0 amide bonds. The van der Waals surface area contributed by atoms with Crippen molar-refractivity contribution in [3.63, 3.8) is 0 Å². The van der Waals surface area contributed by atoms with Crippen LogP contribution in [-0.4, -0.2) is 0 Å². The van der Waals surface area contributed by atoms with Crippen molar-refractivity contribution in [1.29, 1.82) is 0 Å². The standard InChI is InChI=1S/C22H32P2/c1-3-5-7-13-19-15-9-11-17-21(19)23-24-22-18-12-10-16-20(22)14-8-6-4-2/h9-12,15-18,23-24H,3-8,13-14H2,1-2H3. The minimum Gasteiger partial charge on any atom is -0.0654 e. The molecule has 0 aliphatic carbocycles. The Morgan fingerprint density at radius 3 is 1.42 bits per heavy atom. The van der Waals surface area contributed by atoms with E-state index in [0.29, 0.717) is 0 Å². The largest absolute Gasteiger partial charge is 0.0654 e. The van der Waals surface area contributed by atoms with Crippen LogP contribution in [0.5, 0.6) is 0 Å². The lowest BCUT2D eigenvalue weighted by molar-refractivity contribution is 0.719. The van der Waals surface area contributed by atoms with Crippen LogP contribution in [0.2, 0.25) is 0 Å². The van der Waals surface area contributed by atoms with Crippen molar-refractivity contribution in [3.8, 4) is 0 Å². The molecule has 0 aliphatic heterocycles. The Balaban J connectivity index is 1.98. The molecular weight excluding hydrogens is 326 g/mol. The van der Waals surface area contributed by atoms with E-state index in [0.717, 1.165) is 16.5 Å². The van der Waals surface area contributed by atoms with Crippen molar-refractivity contribution in [2.75, 3.05) is 0 Å². The number of benzene rings is 2. The van der Waals surface area contributed by atoms with Gasteiger partial charge in [0, 0.05) is 0 Å². The third kappa shape index (κ3) is 6.66. The Kier molecular flexibility index (Phi) is 9.64. The summed E-state index contributed by atoms with van der Waals surface area (Å²) in [5, 5.41) is 3.19. The highest BCUT2D eigenvalue weighted by Gasteiger charge is 2.05. The van der Waals surface area contributed by atoms with Crippen molar-refractivity contribution in [2.45, 2.75) is 65.2 Å². The number of unbranched alkanes of at least 4 members (excludes halogenated alkanes) is 4. The molecule has 0 aromatic heterocycles. The van der Waals surface area contributed by atoms with Crippen molar-refractivity contribution in [3.05, 3.63) is 59.7 Å². The van der Waals surface area contributed by atoms with Gasteiger partial charge in [-0.05, 0) is 47.4 Å². The van der Waals surface area contributed by atoms with Crippen LogP contribution >= 0.6 is 16.5 Å². The summed E-state index contributed by atoms with van der Waals surface area (Å²) in [5.74, 6) is 0. The van der Waals surface area contributed by atoms with E-state index in [9.17, 15) is 0 Å². The van der Waals surface area contributed by atoms with Gasteiger partial charge in [-0.15, -0.1) is 0 Å². The summed E-state index contributed by atoms with van der Waals surface area (Å²) in [6, 6.07) is 18.2. The van der Waals surface area contributed by atoms with Crippen LogP contribution in [-0.2, 0) is 12.8 Å². The Labute approximate surface area is 152 Å². The zero-order valence-corrected chi connectivity index (χ0v) is 17.3. The summed E-state index contributed by atoms with van der Waals surface area (Å²) in [6.45, 7) is 4.56. The van der Waals surface area contributed by atoms with Crippen molar-refractivity contribution < 1.29 is 0 Å². The summed E-state index contributed by atoms with van der Waals surface area (Å²) < 4.78 is 0. The second-order valence-corrected chi connectivity index (χ2v) is 9.56. The minimum absolute atomic E-state index is 0.922. The van der Waals surface area contributed by atoms with E-state index in [4.69, 9.17) is 0 Å². The van der Waals surface area contributed by atoms with Crippen LogP contribution in [0.15, 0.2) is 48.5 Å². The minimum atomic E-state index is 0.922. The molecule has 0 nitrogen and oxygen atoms in total. The molecule has 2 aromatic rings. The fourth-order valence-electron chi connectivity index (χ4n) is 2.99. The van der Waals surface area contributed by atoms with Gasteiger partial charge in [0.1, 0.15) is 0 Å². The zero-order valence-electron chi connectivity index (χ0n) is 15.3. The van der Waals surface area contributed by atoms with Crippen LogP contribution < -0.4 is 10.6 Å². The van der Waals surface area contributed by atoms with Crippen LogP contribution in [0.1, 0.15) is 63.5 Å². The van der Waals surface area contributed by atoms with Crippen LogP contribution in [0.25, 0.3) is 0 Å². The molecule has 2 heteroatoms. The normalized spacial score (nSPS) is 11.9. The van der Waals surface area contributed by atoms with E-state index in [1.165, 1.54) is 51.4 Å². The molecule has 2 rings (SSSR count). The number of hydrogen-bond acceptors (Lipinski definition) is 0. The maximum Gasteiger partial charge on any atom is -0.0195 e. The van der Waals surface area contributed by atoms with E-state index in [-0.39, 0.29) is 0 Å². The molecule has 24 heavy (non-hydrogen) atoms. The molecule has 0 bridgehead atoms. The smallest absolute Gasteiger partial charge is 0.0195 e. The van der Waals surface area contributed by atoms with Crippen LogP contribution in [0, 0.1) is 0 Å². The average Bonchev–Trinajstić information content (AvgIpc) is 2.62. The quantitative estimate of drug-likeness (QED) is 0.323. The van der Waals surface area contributed by atoms with Gasteiger partial charge >= 0.3 is 0 Å². The SMILES string of the molecule is CCCCCc1ccccc1PPc1ccccc1CCCCC. The third-order valence-electron chi connectivity index (χ3n) is 4.47. The predicted molar refractivity (Wildman–Crippen MR) is 115 cm³/mol. The fourth-order valence-corrected chi connectivity index (χ4v) is 6.62. The lowest BCUT2D eigenvalue weighted by Crippen LogP contribution is -2.06. The first kappa shape index (κ1) is 19.6. The first-order chi connectivity index (χ1) is 11.8. The molecule has 0 heterocycles. The molecule has 0 saturated carbocycles. The summed E-state index contributed by atoms with van der Waals surface area (Å²) >= 11 is 0. The molecule has 0 spiro atoms. The lowest BCUT2D eigenvalue weighted by Gasteiger charge is -2.12. The fraction of sp³-hybridized carbons (Fsp3) is 0.455. The maximum absolute atomic E-state index is 2.35. The molecule has 130 valence electrons. The Morgan fingerprint density at radius 2 is 1.00 bits per heavy atom. The van der Waals surface area contributed by atoms with Crippen molar-refractivity contribution in [1.82, 2.24) is 0 Å². The van der Waals surface area contributed by atoms with Gasteiger partial charge in [-0.1, -0.05) is 105 Å². The highest BCUT2D eigenvalue weighted by Crippen LogP contribution is 2.37. The van der Waals surface area contributed by atoms with E-state index >= 15 is 0 Å². The highest BCUT2D eigenvalue weighted by molar-refractivity contribution is 8.18. The van der Waals surface area contributed by atoms with Gasteiger partial charge in [0.2, 0.25) is 0 Å². The predicted octanol–water partition coefficient (Wildman–Crippen LogP) is 6.37. The Bertz CT molecular complexity index is 539. The third-order valence-corrected chi connectivity index (χ3v) is 8.10. The summed E-state index contributed by atoms with van der Waals surface area (Å²) in [6.07, 6.45) is 10.5. The zero-order chi connectivity index (χ0) is 17.0. The molecule has 0 radical (unpaired) electrons. The summed E-state index contributed by atoms with van der Waals surface area (Å²) in [5.41, 5.74) is 3.17. The van der Waals surface area contributed by atoms with Gasteiger partial charge < -0.3 is 0 Å².